The number of imidazole rings is 1. The molecule has 2 aromatic carbocycles. The Hall–Kier alpha value is -3.74. The molecule has 2 aromatic heterocycles. The number of hydrogen-bond acceptors (Lipinski definition) is 5. The van der Waals surface area contributed by atoms with Crippen molar-refractivity contribution in [2.45, 2.75) is 6.54 Å². The number of nitrogens with zero attached hydrogens (tertiary/aromatic N) is 3. The van der Waals surface area contributed by atoms with Gasteiger partial charge in [0.05, 0.1) is 6.54 Å². The SMILES string of the molecule is Nc1nc2nc(C(=O)c3ccccc3)n(Cc3ccccc3)c2c(=O)[nH]1. The van der Waals surface area contributed by atoms with Crippen molar-refractivity contribution in [2.75, 3.05) is 5.73 Å². The normalized spacial score (nSPS) is 10.9. The summed E-state index contributed by atoms with van der Waals surface area (Å²) < 4.78 is 1.59. The molecule has 0 aliphatic rings. The largest absolute Gasteiger partial charge is 0.369 e. The van der Waals surface area contributed by atoms with Crippen LogP contribution in [0.4, 0.5) is 5.95 Å². The van der Waals surface area contributed by atoms with E-state index < -0.39 is 5.56 Å². The van der Waals surface area contributed by atoms with Crippen molar-refractivity contribution < 1.29 is 4.79 Å². The Morgan fingerprint density at radius 3 is 2.35 bits per heavy atom. The molecule has 4 rings (SSSR count). The van der Waals surface area contributed by atoms with Crippen LogP contribution in [0.5, 0.6) is 0 Å². The Labute approximate surface area is 148 Å². The number of benzene rings is 2. The lowest BCUT2D eigenvalue weighted by Crippen LogP contribution is -2.17. The molecule has 0 spiro atoms. The Morgan fingerprint density at radius 2 is 1.65 bits per heavy atom. The van der Waals surface area contributed by atoms with Crippen LogP contribution in [0.1, 0.15) is 21.7 Å². The van der Waals surface area contributed by atoms with Crippen molar-refractivity contribution in [3.8, 4) is 0 Å². The number of rotatable bonds is 4. The molecule has 0 saturated heterocycles. The number of aromatic amines is 1. The van der Waals surface area contributed by atoms with E-state index in [0.29, 0.717) is 12.1 Å². The molecule has 0 unspecified atom stereocenters. The minimum atomic E-state index is -0.428. The molecule has 128 valence electrons. The van der Waals surface area contributed by atoms with Crippen LogP contribution in [0, 0.1) is 0 Å². The predicted molar refractivity (Wildman–Crippen MR) is 98.0 cm³/mol. The Bertz CT molecular complexity index is 1150. The molecular formula is C19H15N5O2. The van der Waals surface area contributed by atoms with Gasteiger partial charge in [-0.1, -0.05) is 60.7 Å². The van der Waals surface area contributed by atoms with E-state index in [9.17, 15) is 9.59 Å². The maximum atomic E-state index is 13.0. The van der Waals surface area contributed by atoms with Crippen LogP contribution < -0.4 is 11.3 Å². The van der Waals surface area contributed by atoms with E-state index in [1.165, 1.54) is 0 Å². The number of fused-ring (bicyclic) bond motifs is 1. The first kappa shape index (κ1) is 15.8. The van der Waals surface area contributed by atoms with Gasteiger partial charge in [0.2, 0.25) is 11.7 Å². The number of H-pyrrole nitrogens is 1. The van der Waals surface area contributed by atoms with Crippen LogP contribution in [0.2, 0.25) is 0 Å². The van der Waals surface area contributed by atoms with Gasteiger partial charge in [0.15, 0.2) is 17.0 Å². The van der Waals surface area contributed by atoms with E-state index in [-0.39, 0.29) is 28.7 Å². The lowest BCUT2D eigenvalue weighted by molar-refractivity contribution is 0.102. The molecule has 0 atom stereocenters. The maximum Gasteiger partial charge on any atom is 0.278 e. The summed E-state index contributed by atoms with van der Waals surface area (Å²) in [6, 6.07) is 18.3. The summed E-state index contributed by atoms with van der Waals surface area (Å²) in [4.78, 5) is 36.3. The lowest BCUT2D eigenvalue weighted by atomic mass is 10.1. The van der Waals surface area contributed by atoms with E-state index in [4.69, 9.17) is 5.73 Å². The predicted octanol–water partition coefficient (Wildman–Crippen LogP) is 1.98. The fourth-order valence-electron chi connectivity index (χ4n) is 2.87. The van der Waals surface area contributed by atoms with Crippen LogP contribution in [0.25, 0.3) is 11.2 Å². The number of carbonyl (C=O) groups is 1. The number of nitrogens with two attached hydrogens (primary N) is 1. The van der Waals surface area contributed by atoms with Gasteiger partial charge < -0.3 is 10.3 Å². The fraction of sp³-hybridized carbons (Fsp3) is 0.0526. The van der Waals surface area contributed by atoms with Crippen LogP contribution in [0.15, 0.2) is 65.5 Å². The van der Waals surface area contributed by atoms with Gasteiger partial charge in [-0.3, -0.25) is 14.6 Å². The quantitative estimate of drug-likeness (QED) is 0.550. The van der Waals surface area contributed by atoms with Gasteiger partial charge in [-0.15, -0.1) is 0 Å². The van der Waals surface area contributed by atoms with E-state index in [2.05, 4.69) is 15.0 Å². The first-order chi connectivity index (χ1) is 12.6. The van der Waals surface area contributed by atoms with Gasteiger partial charge in [0.25, 0.3) is 5.56 Å². The molecule has 0 bridgehead atoms. The summed E-state index contributed by atoms with van der Waals surface area (Å²) in [6.45, 7) is 0.319. The molecule has 2 heterocycles. The molecule has 4 aromatic rings. The third kappa shape index (κ3) is 2.75. The van der Waals surface area contributed by atoms with Crippen LogP contribution in [0.3, 0.4) is 0 Å². The van der Waals surface area contributed by atoms with E-state index >= 15 is 0 Å². The van der Waals surface area contributed by atoms with Gasteiger partial charge in [-0.2, -0.15) is 4.98 Å². The van der Waals surface area contributed by atoms with Gasteiger partial charge in [-0.25, -0.2) is 4.98 Å². The number of aromatic nitrogens is 4. The van der Waals surface area contributed by atoms with E-state index in [1.54, 1.807) is 28.8 Å². The zero-order chi connectivity index (χ0) is 18.1. The summed E-state index contributed by atoms with van der Waals surface area (Å²) in [5.41, 5.74) is 7.00. The van der Waals surface area contributed by atoms with Gasteiger partial charge in [-0.05, 0) is 5.56 Å². The van der Waals surface area contributed by atoms with Crippen molar-refractivity contribution in [3.63, 3.8) is 0 Å². The molecule has 0 amide bonds. The third-order valence-corrected chi connectivity index (χ3v) is 4.05. The third-order valence-electron chi connectivity index (χ3n) is 4.05. The summed E-state index contributed by atoms with van der Waals surface area (Å²) in [6.07, 6.45) is 0. The Kier molecular flexibility index (Phi) is 3.81. The van der Waals surface area contributed by atoms with Crippen LogP contribution >= 0.6 is 0 Å². The topological polar surface area (TPSA) is 107 Å². The van der Waals surface area contributed by atoms with Crippen molar-refractivity contribution in [1.29, 1.82) is 0 Å². The first-order valence-corrected chi connectivity index (χ1v) is 8.03. The van der Waals surface area contributed by atoms with Crippen molar-refractivity contribution in [1.82, 2.24) is 19.5 Å². The molecule has 7 nitrogen and oxygen atoms in total. The van der Waals surface area contributed by atoms with Gasteiger partial charge in [0, 0.05) is 5.56 Å². The minimum Gasteiger partial charge on any atom is -0.369 e. The molecule has 7 heteroatoms. The number of anilines is 1. The van der Waals surface area contributed by atoms with E-state index in [0.717, 1.165) is 5.56 Å². The summed E-state index contributed by atoms with van der Waals surface area (Å²) >= 11 is 0. The van der Waals surface area contributed by atoms with Crippen molar-refractivity contribution in [2.24, 2.45) is 0 Å². The molecule has 0 fully saturated rings. The molecule has 0 radical (unpaired) electrons. The number of hydrogen-bond donors (Lipinski definition) is 2. The highest BCUT2D eigenvalue weighted by Gasteiger charge is 2.22. The summed E-state index contributed by atoms with van der Waals surface area (Å²) in [5.74, 6) is -0.165. The molecule has 0 aliphatic carbocycles. The second kappa shape index (κ2) is 6.29. The summed E-state index contributed by atoms with van der Waals surface area (Å²) in [7, 11) is 0. The minimum absolute atomic E-state index is 0.0365. The highest BCUT2D eigenvalue weighted by atomic mass is 16.1. The second-order valence-electron chi connectivity index (χ2n) is 5.83. The standard InChI is InChI=1S/C19H15N5O2/c20-19-22-16-14(18(26)23-19)24(11-12-7-3-1-4-8-12)17(21-16)15(25)13-9-5-2-6-10-13/h1-10H,11H2,(H3,20,22,23,26). The van der Waals surface area contributed by atoms with Crippen LogP contribution in [-0.4, -0.2) is 25.3 Å². The molecule has 3 N–H and O–H groups in total. The first-order valence-electron chi connectivity index (χ1n) is 8.03. The van der Waals surface area contributed by atoms with Gasteiger partial charge in [0.1, 0.15) is 0 Å². The Morgan fingerprint density at radius 1 is 1.00 bits per heavy atom. The second-order valence-corrected chi connectivity index (χ2v) is 5.83. The number of ketones is 1. The molecular weight excluding hydrogens is 330 g/mol. The molecule has 26 heavy (non-hydrogen) atoms. The number of nitrogen functional groups attached to an aromatic ring is 1. The summed E-state index contributed by atoms with van der Waals surface area (Å²) in [5, 5.41) is 0. The smallest absolute Gasteiger partial charge is 0.278 e. The highest BCUT2D eigenvalue weighted by molar-refractivity contribution is 6.08. The van der Waals surface area contributed by atoms with Crippen LogP contribution in [-0.2, 0) is 6.54 Å². The monoisotopic (exact) mass is 345 g/mol. The fourth-order valence-corrected chi connectivity index (χ4v) is 2.87. The van der Waals surface area contributed by atoms with Crippen molar-refractivity contribution >= 4 is 22.9 Å². The number of carbonyl (C=O) groups excluding carboxylic acids is 1. The molecule has 0 saturated carbocycles. The van der Waals surface area contributed by atoms with Gasteiger partial charge >= 0.3 is 0 Å². The lowest BCUT2D eigenvalue weighted by Gasteiger charge is -2.08. The molecule has 0 aliphatic heterocycles. The average Bonchev–Trinajstić information content (AvgIpc) is 3.01. The number of nitrogens with one attached hydrogen (secondary N) is 1. The maximum absolute atomic E-state index is 13.0. The zero-order valence-corrected chi connectivity index (χ0v) is 13.7. The van der Waals surface area contributed by atoms with Crippen molar-refractivity contribution in [3.05, 3.63) is 88.0 Å². The Balaban J connectivity index is 1.94. The van der Waals surface area contributed by atoms with E-state index in [1.807, 2.05) is 36.4 Å². The highest BCUT2D eigenvalue weighted by Crippen LogP contribution is 2.17. The average molecular weight is 345 g/mol. The zero-order valence-electron chi connectivity index (χ0n) is 13.7.